The first kappa shape index (κ1) is 19.9. The summed E-state index contributed by atoms with van der Waals surface area (Å²) in [6, 6.07) is 7.49. The molecule has 3 rings (SSSR count). The van der Waals surface area contributed by atoms with Crippen molar-refractivity contribution in [3.05, 3.63) is 46.4 Å². The number of esters is 1. The molecule has 27 heavy (non-hydrogen) atoms. The number of hydrogen-bond acceptors (Lipinski definition) is 6. The van der Waals surface area contributed by atoms with Gasteiger partial charge in [0.15, 0.2) is 6.61 Å². The predicted molar refractivity (Wildman–Crippen MR) is 108 cm³/mol. The molecule has 0 spiro atoms. The third-order valence-electron chi connectivity index (χ3n) is 4.76. The molecule has 2 unspecified atom stereocenters. The zero-order valence-electron chi connectivity index (χ0n) is 15.3. The molecule has 1 aromatic heterocycles. The molecule has 0 bridgehead atoms. The maximum Gasteiger partial charge on any atom is 0.339 e. The molecule has 1 heterocycles. The van der Waals surface area contributed by atoms with Crippen LogP contribution in [0.5, 0.6) is 0 Å². The first-order valence-electron chi connectivity index (χ1n) is 9.19. The number of carbonyl (C=O) groups excluding carboxylic acids is 2. The highest BCUT2D eigenvalue weighted by Gasteiger charge is 2.23. The fourth-order valence-electron chi connectivity index (χ4n) is 3.21. The first-order valence-corrected chi connectivity index (χ1v) is 11.1. The van der Waals surface area contributed by atoms with E-state index in [9.17, 15) is 9.59 Å². The minimum Gasteiger partial charge on any atom is -0.452 e. The molecule has 7 heteroatoms. The van der Waals surface area contributed by atoms with Gasteiger partial charge < -0.3 is 10.1 Å². The molecule has 2 atom stereocenters. The van der Waals surface area contributed by atoms with Crippen LogP contribution in [0.25, 0.3) is 0 Å². The van der Waals surface area contributed by atoms with Gasteiger partial charge in [-0.1, -0.05) is 31.9 Å². The van der Waals surface area contributed by atoms with Crippen molar-refractivity contribution in [3.8, 4) is 0 Å². The number of thioether (sulfide) groups is 1. The van der Waals surface area contributed by atoms with Crippen molar-refractivity contribution >= 4 is 35.0 Å². The molecular weight excluding hydrogens is 380 g/mol. The van der Waals surface area contributed by atoms with E-state index in [1.165, 1.54) is 18.2 Å². The molecule has 1 N–H and O–H groups in total. The highest BCUT2D eigenvalue weighted by molar-refractivity contribution is 7.98. The highest BCUT2D eigenvalue weighted by atomic mass is 32.2. The lowest BCUT2D eigenvalue weighted by atomic mass is 9.86. The Labute approximate surface area is 167 Å². The Morgan fingerprint density at radius 1 is 1.30 bits per heavy atom. The number of carbonyl (C=O) groups is 2. The Balaban J connectivity index is 1.52. The van der Waals surface area contributed by atoms with Crippen molar-refractivity contribution in [1.82, 2.24) is 10.3 Å². The van der Waals surface area contributed by atoms with Gasteiger partial charge in [0.25, 0.3) is 5.91 Å². The maximum atomic E-state index is 12.5. The summed E-state index contributed by atoms with van der Waals surface area (Å²) in [7, 11) is 0. The number of ether oxygens (including phenoxy) is 1. The highest BCUT2D eigenvalue weighted by Crippen LogP contribution is 2.27. The predicted octanol–water partition coefficient (Wildman–Crippen LogP) is 4.29. The SMILES string of the molecule is CC1CCCCC1NC(=O)COC(=O)c1ccccc1SCc1cscn1. The third kappa shape index (κ3) is 5.81. The van der Waals surface area contributed by atoms with E-state index in [1.54, 1.807) is 29.0 Å². The van der Waals surface area contributed by atoms with Crippen molar-refractivity contribution in [1.29, 1.82) is 0 Å². The Morgan fingerprint density at radius 2 is 2.11 bits per heavy atom. The summed E-state index contributed by atoms with van der Waals surface area (Å²) in [6.07, 6.45) is 4.49. The maximum absolute atomic E-state index is 12.5. The van der Waals surface area contributed by atoms with Crippen LogP contribution in [0.15, 0.2) is 40.1 Å². The van der Waals surface area contributed by atoms with E-state index in [1.807, 2.05) is 17.5 Å². The third-order valence-corrected chi connectivity index (χ3v) is 6.50. The van der Waals surface area contributed by atoms with Gasteiger partial charge in [0.1, 0.15) is 0 Å². The summed E-state index contributed by atoms with van der Waals surface area (Å²) in [6.45, 7) is 1.92. The summed E-state index contributed by atoms with van der Waals surface area (Å²) >= 11 is 3.09. The summed E-state index contributed by atoms with van der Waals surface area (Å²) < 4.78 is 5.27. The molecule has 1 amide bonds. The quantitative estimate of drug-likeness (QED) is 0.551. The number of thiazole rings is 1. The van der Waals surface area contributed by atoms with Gasteiger partial charge in [0.05, 0.1) is 16.8 Å². The number of nitrogens with zero attached hydrogens (tertiary/aromatic N) is 1. The number of benzene rings is 1. The molecule has 2 aromatic rings. The lowest BCUT2D eigenvalue weighted by Gasteiger charge is -2.29. The number of rotatable bonds is 7. The average molecular weight is 405 g/mol. The van der Waals surface area contributed by atoms with Crippen molar-refractivity contribution in [2.24, 2.45) is 5.92 Å². The molecule has 0 radical (unpaired) electrons. The van der Waals surface area contributed by atoms with Crippen molar-refractivity contribution in [2.45, 2.75) is 49.3 Å². The summed E-state index contributed by atoms with van der Waals surface area (Å²) in [5.41, 5.74) is 3.26. The fourth-order valence-corrected chi connectivity index (χ4v) is 4.82. The van der Waals surface area contributed by atoms with Crippen LogP contribution in [0.3, 0.4) is 0 Å². The molecule has 1 fully saturated rings. The van der Waals surface area contributed by atoms with E-state index in [4.69, 9.17) is 4.74 Å². The molecule has 5 nitrogen and oxygen atoms in total. The van der Waals surface area contributed by atoms with Gasteiger partial charge >= 0.3 is 5.97 Å². The Bertz CT molecular complexity index is 764. The second kappa shape index (κ2) is 9.90. The molecule has 144 valence electrons. The molecule has 1 saturated carbocycles. The summed E-state index contributed by atoms with van der Waals surface area (Å²) in [5.74, 6) is 0.465. The van der Waals surface area contributed by atoms with E-state index >= 15 is 0 Å². The number of aromatic nitrogens is 1. The number of amides is 1. The van der Waals surface area contributed by atoms with E-state index in [-0.39, 0.29) is 18.6 Å². The van der Waals surface area contributed by atoms with E-state index in [0.29, 0.717) is 17.2 Å². The largest absolute Gasteiger partial charge is 0.452 e. The molecule has 0 saturated heterocycles. The van der Waals surface area contributed by atoms with Crippen LogP contribution in [0.1, 0.15) is 48.7 Å². The summed E-state index contributed by atoms with van der Waals surface area (Å²) in [5, 5.41) is 5.00. The summed E-state index contributed by atoms with van der Waals surface area (Å²) in [4.78, 5) is 29.7. The molecule has 1 aliphatic carbocycles. The zero-order chi connectivity index (χ0) is 19.1. The topological polar surface area (TPSA) is 68.3 Å². The van der Waals surface area contributed by atoms with Gasteiger partial charge in [-0.15, -0.1) is 23.1 Å². The Morgan fingerprint density at radius 3 is 2.89 bits per heavy atom. The van der Waals surface area contributed by atoms with Crippen LogP contribution in [-0.4, -0.2) is 29.5 Å². The van der Waals surface area contributed by atoms with Gasteiger partial charge in [-0.05, 0) is 30.9 Å². The second-order valence-electron chi connectivity index (χ2n) is 6.78. The van der Waals surface area contributed by atoms with Crippen LogP contribution < -0.4 is 5.32 Å². The van der Waals surface area contributed by atoms with Crippen molar-refractivity contribution < 1.29 is 14.3 Å². The lowest BCUT2D eigenvalue weighted by Crippen LogP contribution is -2.42. The van der Waals surface area contributed by atoms with Crippen LogP contribution in [0.2, 0.25) is 0 Å². The van der Waals surface area contributed by atoms with Crippen molar-refractivity contribution in [2.75, 3.05) is 6.61 Å². The first-order chi connectivity index (χ1) is 13.1. The Hall–Kier alpha value is -1.86. The van der Waals surface area contributed by atoms with Crippen LogP contribution in [0, 0.1) is 5.92 Å². The minimum atomic E-state index is -0.469. The Kier molecular flexibility index (Phi) is 7.29. The van der Waals surface area contributed by atoms with E-state index in [0.717, 1.165) is 29.9 Å². The van der Waals surface area contributed by atoms with Crippen LogP contribution in [0.4, 0.5) is 0 Å². The average Bonchev–Trinajstić information content (AvgIpc) is 3.20. The van der Waals surface area contributed by atoms with E-state index < -0.39 is 5.97 Å². The van der Waals surface area contributed by atoms with Crippen LogP contribution in [-0.2, 0) is 15.3 Å². The minimum absolute atomic E-state index is 0.186. The van der Waals surface area contributed by atoms with Gasteiger partial charge in [0.2, 0.25) is 0 Å². The fraction of sp³-hybridized carbons (Fsp3) is 0.450. The van der Waals surface area contributed by atoms with Gasteiger partial charge in [-0.2, -0.15) is 0 Å². The lowest BCUT2D eigenvalue weighted by molar-refractivity contribution is -0.125. The van der Waals surface area contributed by atoms with Gasteiger partial charge in [-0.25, -0.2) is 9.78 Å². The van der Waals surface area contributed by atoms with E-state index in [2.05, 4.69) is 17.2 Å². The second-order valence-corrected chi connectivity index (χ2v) is 8.51. The molecule has 1 aromatic carbocycles. The normalized spacial score (nSPS) is 19.4. The standard InChI is InChI=1S/C20H24N2O3S2/c1-14-6-2-4-8-17(14)22-19(23)10-25-20(24)16-7-3-5-9-18(16)27-12-15-11-26-13-21-15/h3,5,7,9,11,13-14,17H,2,4,6,8,10,12H2,1H3,(H,22,23). The molecular formula is C20H24N2O3S2. The molecule has 0 aliphatic heterocycles. The smallest absolute Gasteiger partial charge is 0.339 e. The van der Waals surface area contributed by atoms with Crippen LogP contribution >= 0.6 is 23.1 Å². The number of hydrogen-bond donors (Lipinski definition) is 1. The number of nitrogens with one attached hydrogen (secondary N) is 1. The monoisotopic (exact) mass is 404 g/mol. The molecule has 1 aliphatic rings. The van der Waals surface area contributed by atoms with Gasteiger partial charge in [-0.3, -0.25) is 4.79 Å². The zero-order valence-corrected chi connectivity index (χ0v) is 17.0. The van der Waals surface area contributed by atoms with Crippen molar-refractivity contribution in [3.63, 3.8) is 0 Å². The van der Waals surface area contributed by atoms with Gasteiger partial charge in [0, 0.05) is 22.1 Å².